The van der Waals surface area contributed by atoms with Crippen LogP contribution < -0.4 is 25.0 Å². The van der Waals surface area contributed by atoms with Crippen LogP contribution in [0.5, 0.6) is 11.5 Å². The second-order valence-electron chi connectivity index (χ2n) is 6.67. The molecule has 150 valence electrons. The zero-order chi connectivity index (χ0) is 18.6. The molecule has 0 aliphatic carbocycles. The van der Waals surface area contributed by atoms with Gasteiger partial charge >= 0.3 is 0 Å². The van der Waals surface area contributed by atoms with E-state index in [1.807, 2.05) is 36.4 Å². The number of nitrogens with zero attached hydrogens (tertiary/aromatic N) is 2. The first kappa shape index (κ1) is 20.9. The van der Waals surface area contributed by atoms with E-state index in [-0.39, 0.29) is 24.0 Å². The monoisotopic (exact) mass is 514 g/mol. The summed E-state index contributed by atoms with van der Waals surface area (Å²) in [4.78, 5) is 6.69. The first-order valence-corrected chi connectivity index (χ1v) is 9.45. The standard InChI is InChI=1S/C20H23ClN4O2.HI/c1-22-20(23-11-14-5-6-18-19(9-14)27-13-26-18)24-16-7-8-25(12-16)17-4-2-3-15(21)10-17;/h2-6,9-10,16H,7-8,11-13H2,1H3,(H2,22,23,24);1H. The van der Waals surface area contributed by atoms with Crippen LogP contribution in [0.1, 0.15) is 12.0 Å². The van der Waals surface area contributed by atoms with Crippen molar-refractivity contribution in [1.29, 1.82) is 0 Å². The Hall–Kier alpha value is -1.87. The van der Waals surface area contributed by atoms with Crippen molar-refractivity contribution < 1.29 is 9.47 Å². The molecule has 2 aromatic carbocycles. The van der Waals surface area contributed by atoms with E-state index in [1.54, 1.807) is 7.05 Å². The van der Waals surface area contributed by atoms with E-state index in [0.29, 0.717) is 19.4 Å². The normalized spacial score (nSPS) is 18.0. The third-order valence-corrected chi connectivity index (χ3v) is 5.06. The van der Waals surface area contributed by atoms with Gasteiger partial charge in [-0.15, -0.1) is 24.0 Å². The van der Waals surface area contributed by atoms with Crippen molar-refractivity contribution in [3.05, 3.63) is 53.1 Å². The summed E-state index contributed by atoms with van der Waals surface area (Å²) in [6, 6.07) is 14.3. The number of anilines is 1. The topological polar surface area (TPSA) is 58.1 Å². The van der Waals surface area contributed by atoms with Gasteiger partial charge in [0.1, 0.15) is 0 Å². The number of ether oxygens (including phenoxy) is 2. The Morgan fingerprint density at radius 2 is 2.07 bits per heavy atom. The largest absolute Gasteiger partial charge is 0.454 e. The predicted octanol–water partition coefficient (Wildman–Crippen LogP) is 3.63. The molecule has 0 spiro atoms. The summed E-state index contributed by atoms with van der Waals surface area (Å²) in [5.41, 5.74) is 2.28. The molecule has 28 heavy (non-hydrogen) atoms. The fourth-order valence-electron chi connectivity index (χ4n) is 3.41. The molecule has 2 aliphatic rings. The number of fused-ring (bicyclic) bond motifs is 1. The minimum atomic E-state index is 0. The third-order valence-electron chi connectivity index (χ3n) is 4.82. The molecule has 0 saturated carbocycles. The summed E-state index contributed by atoms with van der Waals surface area (Å²) in [5, 5.41) is 7.65. The Morgan fingerprint density at radius 1 is 1.21 bits per heavy atom. The molecule has 0 radical (unpaired) electrons. The zero-order valence-electron chi connectivity index (χ0n) is 15.7. The Balaban J connectivity index is 0.00000225. The molecule has 6 nitrogen and oxygen atoms in total. The lowest BCUT2D eigenvalue weighted by Crippen LogP contribution is -2.44. The van der Waals surface area contributed by atoms with Gasteiger partial charge in [-0.25, -0.2) is 0 Å². The van der Waals surface area contributed by atoms with E-state index >= 15 is 0 Å². The molecule has 4 rings (SSSR count). The van der Waals surface area contributed by atoms with Crippen LogP contribution in [0.2, 0.25) is 5.02 Å². The minimum Gasteiger partial charge on any atom is -0.454 e. The van der Waals surface area contributed by atoms with Gasteiger partial charge in [0.15, 0.2) is 17.5 Å². The highest BCUT2D eigenvalue weighted by Crippen LogP contribution is 2.32. The molecule has 2 N–H and O–H groups in total. The molecule has 1 fully saturated rings. The quantitative estimate of drug-likeness (QED) is 0.371. The number of aliphatic imine (C=N–C) groups is 1. The number of nitrogens with one attached hydrogen (secondary N) is 2. The van der Waals surface area contributed by atoms with Gasteiger partial charge in [-0.05, 0) is 42.3 Å². The van der Waals surface area contributed by atoms with Gasteiger partial charge in [-0.3, -0.25) is 4.99 Å². The SMILES string of the molecule is CN=C(NCc1ccc2c(c1)OCO2)NC1CCN(c2cccc(Cl)c2)C1.I. The molecule has 0 aromatic heterocycles. The molecular weight excluding hydrogens is 491 g/mol. The second-order valence-corrected chi connectivity index (χ2v) is 7.11. The highest BCUT2D eigenvalue weighted by molar-refractivity contribution is 14.0. The summed E-state index contributed by atoms with van der Waals surface area (Å²) in [6.45, 7) is 2.88. The van der Waals surface area contributed by atoms with E-state index in [0.717, 1.165) is 53.2 Å². The number of halogens is 2. The predicted molar refractivity (Wildman–Crippen MR) is 123 cm³/mol. The average molecular weight is 515 g/mol. The number of rotatable bonds is 4. The van der Waals surface area contributed by atoms with Crippen molar-refractivity contribution in [3.63, 3.8) is 0 Å². The number of hydrogen-bond donors (Lipinski definition) is 2. The summed E-state index contributed by atoms with van der Waals surface area (Å²) in [6.07, 6.45) is 1.05. The van der Waals surface area contributed by atoms with Gasteiger partial charge in [0.2, 0.25) is 6.79 Å². The van der Waals surface area contributed by atoms with E-state index in [9.17, 15) is 0 Å². The van der Waals surface area contributed by atoms with Crippen LogP contribution in [0.15, 0.2) is 47.5 Å². The summed E-state index contributed by atoms with van der Waals surface area (Å²) >= 11 is 6.11. The maximum atomic E-state index is 6.11. The molecule has 2 aliphatic heterocycles. The number of hydrogen-bond acceptors (Lipinski definition) is 4. The van der Waals surface area contributed by atoms with E-state index in [2.05, 4.69) is 26.6 Å². The molecule has 2 aromatic rings. The molecule has 1 saturated heterocycles. The Morgan fingerprint density at radius 3 is 2.89 bits per heavy atom. The highest BCUT2D eigenvalue weighted by atomic mass is 127. The van der Waals surface area contributed by atoms with Crippen LogP contribution in [0.3, 0.4) is 0 Å². The van der Waals surface area contributed by atoms with E-state index in [1.165, 1.54) is 0 Å². The van der Waals surface area contributed by atoms with Gasteiger partial charge in [-0.2, -0.15) is 0 Å². The van der Waals surface area contributed by atoms with E-state index in [4.69, 9.17) is 21.1 Å². The summed E-state index contributed by atoms with van der Waals surface area (Å²) in [5.74, 6) is 2.39. The number of benzene rings is 2. The van der Waals surface area contributed by atoms with Gasteiger partial charge in [0, 0.05) is 43.4 Å². The van der Waals surface area contributed by atoms with Crippen molar-refractivity contribution >= 4 is 47.2 Å². The van der Waals surface area contributed by atoms with Crippen LogP contribution >= 0.6 is 35.6 Å². The van der Waals surface area contributed by atoms with Gasteiger partial charge in [-0.1, -0.05) is 23.7 Å². The van der Waals surface area contributed by atoms with E-state index < -0.39 is 0 Å². The first-order valence-electron chi connectivity index (χ1n) is 9.07. The molecule has 0 amide bonds. The van der Waals surface area contributed by atoms with Crippen LogP contribution in [0.4, 0.5) is 5.69 Å². The van der Waals surface area contributed by atoms with Crippen LogP contribution in [0, 0.1) is 0 Å². The maximum absolute atomic E-state index is 6.11. The van der Waals surface area contributed by atoms with Gasteiger partial charge in [0.25, 0.3) is 0 Å². The summed E-state index contributed by atoms with van der Waals surface area (Å²) in [7, 11) is 1.79. The van der Waals surface area contributed by atoms with Crippen molar-refractivity contribution in [1.82, 2.24) is 10.6 Å². The van der Waals surface area contributed by atoms with Gasteiger partial charge < -0.3 is 25.0 Å². The third kappa shape index (κ3) is 4.94. The summed E-state index contributed by atoms with van der Waals surface area (Å²) < 4.78 is 10.8. The molecule has 1 unspecified atom stereocenters. The lowest BCUT2D eigenvalue weighted by atomic mass is 10.2. The molecule has 1 atom stereocenters. The van der Waals surface area contributed by atoms with Crippen LogP contribution in [0.25, 0.3) is 0 Å². The molecular formula is C20H24ClIN4O2. The lowest BCUT2D eigenvalue weighted by molar-refractivity contribution is 0.174. The average Bonchev–Trinajstić information content (AvgIpc) is 3.34. The number of guanidine groups is 1. The molecule has 8 heteroatoms. The minimum absolute atomic E-state index is 0. The Kier molecular flexibility index (Phi) is 7.12. The van der Waals surface area contributed by atoms with Crippen molar-refractivity contribution in [3.8, 4) is 11.5 Å². The van der Waals surface area contributed by atoms with Crippen molar-refractivity contribution in [2.45, 2.75) is 19.0 Å². The molecule has 0 bridgehead atoms. The van der Waals surface area contributed by atoms with Gasteiger partial charge in [0.05, 0.1) is 0 Å². The zero-order valence-corrected chi connectivity index (χ0v) is 18.7. The maximum Gasteiger partial charge on any atom is 0.231 e. The smallest absolute Gasteiger partial charge is 0.231 e. The molecule has 2 heterocycles. The first-order chi connectivity index (χ1) is 13.2. The van der Waals surface area contributed by atoms with Crippen LogP contribution in [-0.4, -0.2) is 38.9 Å². The Bertz CT molecular complexity index is 849. The van der Waals surface area contributed by atoms with Crippen molar-refractivity contribution in [2.75, 3.05) is 31.8 Å². The lowest BCUT2D eigenvalue weighted by Gasteiger charge is -2.20. The second kappa shape index (κ2) is 9.56. The highest BCUT2D eigenvalue weighted by Gasteiger charge is 2.23. The van der Waals surface area contributed by atoms with Crippen molar-refractivity contribution in [2.24, 2.45) is 4.99 Å². The fraction of sp³-hybridized carbons (Fsp3) is 0.350. The Labute approximate surface area is 187 Å². The van der Waals surface area contributed by atoms with Crippen LogP contribution in [-0.2, 0) is 6.54 Å². The fourth-order valence-corrected chi connectivity index (χ4v) is 3.59.